The highest BCUT2D eigenvalue weighted by molar-refractivity contribution is 5.90. The summed E-state index contributed by atoms with van der Waals surface area (Å²) in [5.41, 5.74) is 0.756. The maximum atomic E-state index is 11.8. The van der Waals surface area contributed by atoms with Gasteiger partial charge in [0.05, 0.1) is 12.2 Å². The van der Waals surface area contributed by atoms with Gasteiger partial charge < -0.3 is 4.52 Å². The fourth-order valence-corrected chi connectivity index (χ4v) is 1.62. The van der Waals surface area contributed by atoms with Crippen LogP contribution in [0.15, 0.2) is 10.6 Å². The summed E-state index contributed by atoms with van der Waals surface area (Å²) < 4.78 is 5.12. The van der Waals surface area contributed by atoms with E-state index in [1.54, 1.807) is 6.07 Å². The standard InChI is InChI=1S/C14H25N3O2/c1-6-7-8-17(5)10-12(18)15-13-9-11(16-19-13)14(2,3)4/h9H,6-8,10H2,1-5H3,(H,15,18). The van der Waals surface area contributed by atoms with Gasteiger partial charge in [-0.2, -0.15) is 0 Å². The molecule has 0 aromatic carbocycles. The van der Waals surface area contributed by atoms with Crippen molar-refractivity contribution in [2.75, 3.05) is 25.5 Å². The number of unbranched alkanes of at least 4 members (excludes halogenated alkanes) is 1. The zero-order chi connectivity index (χ0) is 14.5. The van der Waals surface area contributed by atoms with Crippen LogP contribution in [0.3, 0.4) is 0 Å². The van der Waals surface area contributed by atoms with E-state index in [0.29, 0.717) is 12.4 Å². The van der Waals surface area contributed by atoms with Crippen molar-refractivity contribution in [3.63, 3.8) is 0 Å². The molecule has 0 fully saturated rings. The normalized spacial score (nSPS) is 11.9. The van der Waals surface area contributed by atoms with Gasteiger partial charge in [-0.05, 0) is 20.0 Å². The molecule has 0 bridgehead atoms. The minimum atomic E-state index is -0.0790. The van der Waals surface area contributed by atoms with Crippen LogP contribution in [0.1, 0.15) is 46.2 Å². The number of likely N-dealkylation sites (N-methyl/N-ethyl adjacent to an activating group) is 1. The van der Waals surface area contributed by atoms with Gasteiger partial charge in [-0.1, -0.05) is 39.3 Å². The van der Waals surface area contributed by atoms with Crippen LogP contribution in [0.5, 0.6) is 0 Å². The van der Waals surface area contributed by atoms with E-state index in [0.717, 1.165) is 25.1 Å². The summed E-state index contributed by atoms with van der Waals surface area (Å²) in [6, 6.07) is 1.78. The number of hydrogen-bond acceptors (Lipinski definition) is 4. The monoisotopic (exact) mass is 267 g/mol. The quantitative estimate of drug-likeness (QED) is 0.861. The second kappa shape index (κ2) is 6.70. The van der Waals surface area contributed by atoms with Gasteiger partial charge in [0.25, 0.3) is 0 Å². The highest BCUT2D eigenvalue weighted by atomic mass is 16.5. The molecule has 0 saturated carbocycles. The molecule has 0 unspecified atom stereocenters. The van der Waals surface area contributed by atoms with Gasteiger partial charge in [-0.3, -0.25) is 15.0 Å². The lowest BCUT2D eigenvalue weighted by molar-refractivity contribution is -0.117. The first kappa shape index (κ1) is 15.7. The van der Waals surface area contributed by atoms with Gasteiger partial charge in [0.15, 0.2) is 0 Å². The summed E-state index contributed by atoms with van der Waals surface area (Å²) in [7, 11) is 1.94. The van der Waals surface area contributed by atoms with Gasteiger partial charge >= 0.3 is 0 Å². The Hall–Kier alpha value is -1.36. The molecule has 5 nitrogen and oxygen atoms in total. The van der Waals surface area contributed by atoms with Crippen LogP contribution in [0.4, 0.5) is 5.88 Å². The zero-order valence-electron chi connectivity index (χ0n) is 12.6. The molecule has 1 N–H and O–H groups in total. The van der Waals surface area contributed by atoms with Crippen molar-refractivity contribution >= 4 is 11.8 Å². The van der Waals surface area contributed by atoms with Crippen LogP contribution in [-0.2, 0) is 10.2 Å². The van der Waals surface area contributed by atoms with Crippen LogP contribution >= 0.6 is 0 Å². The number of carbonyl (C=O) groups excluding carboxylic acids is 1. The lowest BCUT2D eigenvalue weighted by Gasteiger charge is -2.14. The van der Waals surface area contributed by atoms with Crippen molar-refractivity contribution in [1.29, 1.82) is 0 Å². The molecule has 1 rings (SSSR count). The van der Waals surface area contributed by atoms with Gasteiger partial charge in [0.1, 0.15) is 0 Å². The average molecular weight is 267 g/mol. The molecule has 0 radical (unpaired) electrons. The SMILES string of the molecule is CCCCN(C)CC(=O)Nc1cc(C(C)(C)C)no1. The first-order chi connectivity index (χ1) is 8.82. The van der Waals surface area contributed by atoms with Crippen molar-refractivity contribution in [3.05, 3.63) is 11.8 Å². The van der Waals surface area contributed by atoms with E-state index in [-0.39, 0.29) is 11.3 Å². The lowest BCUT2D eigenvalue weighted by atomic mass is 9.92. The number of carbonyl (C=O) groups is 1. The Bertz CT molecular complexity index is 407. The number of aromatic nitrogens is 1. The first-order valence-corrected chi connectivity index (χ1v) is 6.78. The van der Waals surface area contributed by atoms with E-state index < -0.39 is 0 Å². The summed E-state index contributed by atoms with van der Waals surface area (Å²) in [5.74, 6) is 0.342. The minimum Gasteiger partial charge on any atom is -0.338 e. The predicted molar refractivity (Wildman–Crippen MR) is 76.2 cm³/mol. The second-order valence-corrected chi connectivity index (χ2v) is 5.97. The number of rotatable bonds is 6. The molecule has 1 amide bonds. The Morgan fingerprint density at radius 1 is 1.47 bits per heavy atom. The van der Waals surface area contributed by atoms with Crippen molar-refractivity contribution < 1.29 is 9.32 Å². The van der Waals surface area contributed by atoms with Crippen molar-refractivity contribution in [2.24, 2.45) is 0 Å². The first-order valence-electron chi connectivity index (χ1n) is 6.78. The third-order valence-corrected chi connectivity index (χ3v) is 2.85. The highest BCUT2D eigenvalue weighted by Gasteiger charge is 2.19. The average Bonchev–Trinajstić information content (AvgIpc) is 2.74. The van der Waals surface area contributed by atoms with Gasteiger partial charge in [-0.15, -0.1) is 0 Å². The van der Waals surface area contributed by atoms with Crippen LogP contribution in [0, 0.1) is 0 Å². The van der Waals surface area contributed by atoms with Crippen LogP contribution < -0.4 is 5.32 Å². The summed E-state index contributed by atoms with van der Waals surface area (Å²) in [5, 5.41) is 6.70. The summed E-state index contributed by atoms with van der Waals surface area (Å²) >= 11 is 0. The van der Waals surface area contributed by atoms with Crippen LogP contribution in [-0.4, -0.2) is 36.1 Å². The molecule has 1 heterocycles. The fraction of sp³-hybridized carbons (Fsp3) is 0.714. The Balaban J connectivity index is 2.46. The topological polar surface area (TPSA) is 58.4 Å². The zero-order valence-corrected chi connectivity index (χ0v) is 12.6. The Morgan fingerprint density at radius 2 is 2.16 bits per heavy atom. The van der Waals surface area contributed by atoms with Gasteiger partial charge in [0.2, 0.25) is 11.8 Å². The molecule has 0 spiro atoms. The second-order valence-electron chi connectivity index (χ2n) is 5.97. The fourth-order valence-electron chi connectivity index (χ4n) is 1.62. The van der Waals surface area contributed by atoms with Gasteiger partial charge in [0, 0.05) is 11.5 Å². The molecule has 1 aromatic rings. The van der Waals surface area contributed by atoms with Crippen molar-refractivity contribution in [1.82, 2.24) is 10.1 Å². The summed E-state index contributed by atoms with van der Waals surface area (Å²) in [6.07, 6.45) is 2.23. The van der Waals surface area contributed by atoms with E-state index in [1.165, 1.54) is 0 Å². The molecule has 0 atom stereocenters. The minimum absolute atomic E-state index is 0.0739. The molecular formula is C14H25N3O2. The summed E-state index contributed by atoms with van der Waals surface area (Å²) in [6.45, 7) is 9.58. The lowest BCUT2D eigenvalue weighted by Crippen LogP contribution is -2.30. The van der Waals surface area contributed by atoms with E-state index in [4.69, 9.17) is 4.52 Å². The largest absolute Gasteiger partial charge is 0.338 e. The Kier molecular flexibility index (Phi) is 5.54. The molecule has 5 heteroatoms. The number of amides is 1. The molecular weight excluding hydrogens is 242 g/mol. The maximum absolute atomic E-state index is 11.8. The van der Waals surface area contributed by atoms with Gasteiger partial charge in [-0.25, -0.2) is 0 Å². The molecule has 1 aromatic heterocycles. The molecule has 0 aliphatic heterocycles. The van der Waals surface area contributed by atoms with Crippen LogP contribution in [0.25, 0.3) is 0 Å². The third-order valence-electron chi connectivity index (χ3n) is 2.85. The molecule has 0 saturated heterocycles. The predicted octanol–water partition coefficient (Wildman–Crippen LogP) is 2.64. The molecule has 19 heavy (non-hydrogen) atoms. The highest BCUT2D eigenvalue weighted by Crippen LogP contribution is 2.23. The number of nitrogens with one attached hydrogen (secondary N) is 1. The van der Waals surface area contributed by atoms with Crippen LogP contribution in [0.2, 0.25) is 0 Å². The van der Waals surface area contributed by atoms with Crippen molar-refractivity contribution in [2.45, 2.75) is 46.0 Å². The van der Waals surface area contributed by atoms with E-state index >= 15 is 0 Å². The smallest absolute Gasteiger partial charge is 0.240 e. The molecule has 108 valence electrons. The van der Waals surface area contributed by atoms with E-state index in [1.807, 2.05) is 11.9 Å². The van der Waals surface area contributed by atoms with E-state index in [2.05, 4.69) is 38.2 Å². The van der Waals surface area contributed by atoms with E-state index in [9.17, 15) is 4.79 Å². The third kappa shape index (κ3) is 5.42. The number of hydrogen-bond donors (Lipinski definition) is 1. The molecule has 0 aliphatic carbocycles. The number of nitrogens with zero attached hydrogens (tertiary/aromatic N) is 2. The Labute approximate surface area is 115 Å². The molecule has 0 aliphatic rings. The Morgan fingerprint density at radius 3 is 2.68 bits per heavy atom. The maximum Gasteiger partial charge on any atom is 0.240 e. The summed E-state index contributed by atoms with van der Waals surface area (Å²) in [4.78, 5) is 13.8. The number of anilines is 1. The van der Waals surface area contributed by atoms with Crippen molar-refractivity contribution in [3.8, 4) is 0 Å².